The van der Waals surface area contributed by atoms with E-state index in [1.54, 1.807) is 0 Å². The summed E-state index contributed by atoms with van der Waals surface area (Å²) < 4.78 is 17.8. The summed E-state index contributed by atoms with van der Waals surface area (Å²) in [6, 6.07) is 6.01. The molecule has 5 heteroatoms. The molecule has 0 unspecified atom stereocenters. The van der Waals surface area contributed by atoms with Crippen molar-refractivity contribution in [3.63, 3.8) is 0 Å². The Bertz CT molecular complexity index is 366. The molecule has 0 bridgehead atoms. The molecule has 0 atom stereocenters. The quantitative estimate of drug-likeness (QED) is 0.729. The zero-order chi connectivity index (χ0) is 13.4. The number of benzene rings is 1. The summed E-state index contributed by atoms with van der Waals surface area (Å²) in [5.41, 5.74) is 0.560. The van der Waals surface area contributed by atoms with E-state index in [1.165, 1.54) is 24.3 Å². The minimum absolute atomic E-state index is 0.00283. The van der Waals surface area contributed by atoms with Crippen molar-refractivity contribution in [2.75, 3.05) is 25.1 Å². The summed E-state index contributed by atoms with van der Waals surface area (Å²) >= 11 is 0. The maximum absolute atomic E-state index is 12.6. The van der Waals surface area contributed by atoms with Crippen molar-refractivity contribution in [3.8, 4) is 0 Å². The number of nitrogens with one attached hydrogen (secondary N) is 2. The Balaban J connectivity index is 2.16. The minimum Gasteiger partial charge on any atom is -0.370 e. The number of carbonyl (C=O) groups excluding carboxylic acids is 1. The molecule has 1 aromatic rings. The number of rotatable bonds is 7. The third-order valence-electron chi connectivity index (χ3n) is 2.16. The van der Waals surface area contributed by atoms with Gasteiger partial charge in [-0.05, 0) is 24.3 Å². The monoisotopic (exact) mass is 254 g/mol. The highest BCUT2D eigenvalue weighted by Gasteiger charge is 2.02. The third kappa shape index (κ3) is 6.32. The van der Waals surface area contributed by atoms with Gasteiger partial charge in [0.05, 0.1) is 6.61 Å². The maximum Gasteiger partial charge on any atom is 0.250 e. The number of carbonyl (C=O) groups is 1. The molecule has 0 aromatic heterocycles. The van der Waals surface area contributed by atoms with Crippen molar-refractivity contribution < 1.29 is 13.9 Å². The van der Waals surface area contributed by atoms with Crippen LogP contribution in [0.2, 0.25) is 0 Å². The Kier molecular flexibility index (Phi) is 6.32. The average molecular weight is 254 g/mol. The molecule has 1 aromatic carbocycles. The summed E-state index contributed by atoms with van der Waals surface area (Å²) in [4.78, 5) is 11.4. The predicted octanol–water partition coefficient (Wildman–Crippen LogP) is 1.78. The lowest BCUT2D eigenvalue weighted by atomic mass is 10.3. The Labute approximate surface area is 107 Å². The Morgan fingerprint density at radius 3 is 2.61 bits per heavy atom. The van der Waals surface area contributed by atoms with Crippen LogP contribution in [-0.4, -0.2) is 31.7 Å². The van der Waals surface area contributed by atoms with Crippen molar-refractivity contribution in [3.05, 3.63) is 30.1 Å². The fourth-order valence-electron chi connectivity index (χ4n) is 1.31. The molecule has 0 spiro atoms. The van der Waals surface area contributed by atoms with E-state index in [0.29, 0.717) is 24.9 Å². The number of anilines is 1. The molecular weight excluding hydrogens is 235 g/mol. The van der Waals surface area contributed by atoms with E-state index in [1.807, 2.05) is 13.8 Å². The van der Waals surface area contributed by atoms with Crippen LogP contribution in [0.4, 0.5) is 10.1 Å². The predicted molar refractivity (Wildman–Crippen MR) is 69.0 cm³/mol. The van der Waals surface area contributed by atoms with Crippen LogP contribution < -0.4 is 10.6 Å². The van der Waals surface area contributed by atoms with Gasteiger partial charge in [0.1, 0.15) is 12.4 Å². The normalized spacial score (nSPS) is 10.7. The molecule has 100 valence electrons. The molecule has 4 nitrogen and oxygen atoms in total. The van der Waals surface area contributed by atoms with E-state index in [0.717, 1.165) is 0 Å². The lowest BCUT2D eigenvalue weighted by molar-refractivity contribution is -0.120. The number of hydrogen-bond donors (Lipinski definition) is 2. The van der Waals surface area contributed by atoms with Crippen LogP contribution in [-0.2, 0) is 9.53 Å². The van der Waals surface area contributed by atoms with Gasteiger partial charge in [-0.1, -0.05) is 13.8 Å². The SMILES string of the molecule is CC(C)NCCOCC(=O)Nc1ccc(F)cc1. The molecule has 0 aliphatic heterocycles. The van der Waals surface area contributed by atoms with Crippen LogP contribution in [0.25, 0.3) is 0 Å². The lowest BCUT2D eigenvalue weighted by Gasteiger charge is -2.09. The van der Waals surface area contributed by atoms with Crippen LogP contribution in [0.1, 0.15) is 13.8 Å². The minimum atomic E-state index is -0.330. The molecule has 18 heavy (non-hydrogen) atoms. The van der Waals surface area contributed by atoms with Crippen LogP contribution in [0.15, 0.2) is 24.3 Å². The smallest absolute Gasteiger partial charge is 0.250 e. The summed E-state index contributed by atoms with van der Waals surface area (Å²) in [5, 5.41) is 5.79. The molecule has 1 rings (SSSR count). The van der Waals surface area contributed by atoms with Crippen LogP contribution in [0.3, 0.4) is 0 Å². The fourth-order valence-corrected chi connectivity index (χ4v) is 1.31. The first-order valence-corrected chi connectivity index (χ1v) is 5.94. The van der Waals surface area contributed by atoms with Gasteiger partial charge < -0.3 is 15.4 Å². The topological polar surface area (TPSA) is 50.4 Å². The Morgan fingerprint density at radius 1 is 1.33 bits per heavy atom. The molecule has 0 fully saturated rings. The van der Waals surface area contributed by atoms with E-state index >= 15 is 0 Å². The summed E-state index contributed by atoms with van der Waals surface area (Å²) in [6.45, 7) is 5.27. The van der Waals surface area contributed by atoms with Gasteiger partial charge in [-0.2, -0.15) is 0 Å². The molecule has 0 aliphatic rings. The largest absolute Gasteiger partial charge is 0.370 e. The zero-order valence-electron chi connectivity index (χ0n) is 10.7. The highest BCUT2D eigenvalue weighted by molar-refractivity contribution is 5.91. The van der Waals surface area contributed by atoms with Gasteiger partial charge in [-0.25, -0.2) is 4.39 Å². The highest BCUT2D eigenvalue weighted by Crippen LogP contribution is 2.07. The van der Waals surface area contributed by atoms with E-state index < -0.39 is 0 Å². The molecule has 0 saturated heterocycles. The first-order valence-electron chi connectivity index (χ1n) is 5.94. The maximum atomic E-state index is 12.6. The van der Waals surface area contributed by atoms with Crippen molar-refractivity contribution in [2.45, 2.75) is 19.9 Å². The second kappa shape index (κ2) is 7.79. The second-order valence-electron chi connectivity index (χ2n) is 4.22. The molecule has 0 radical (unpaired) electrons. The number of ether oxygens (including phenoxy) is 1. The average Bonchev–Trinajstić information content (AvgIpc) is 2.31. The summed E-state index contributed by atoms with van der Waals surface area (Å²) in [5.74, 6) is -0.574. The number of hydrogen-bond acceptors (Lipinski definition) is 3. The lowest BCUT2D eigenvalue weighted by Crippen LogP contribution is -2.28. The van der Waals surface area contributed by atoms with Gasteiger partial charge in [0, 0.05) is 18.3 Å². The van der Waals surface area contributed by atoms with Crippen LogP contribution >= 0.6 is 0 Å². The first-order chi connectivity index (χ1) is 8.58. The molecular formula is C13H19FN2O2. The highest BCUT2D eigenvalue weighted by atomic mass is 19.1. The summed E-state index contributed by atoms with van der Waals surface area (Å²) in [6.07, 6.45) is 0. The van der Waals surface area contributed by atoms with Crippen molar-refractivity contribution in [1.29, 1.82) is 0 Å². The molecule has 0 saturated carbocycles. The van der Waals surface area contributed by atoms with E-state index in [4.69, 9.17) is 4.74 Å². The van der Waals surface area contributed by atoms with E-state index in [-0.39, 0.29) is 18.3 Å². The Hall–Kier alpha value is -1.46. The van der Waals surface area contributed by atoms with Gasteiger partial charge in [0.15, 0.2) is 0 Å². The summed E-state index contributed by atoms with van der Waals surface area (Å²) in [7, 11) is 0. The van der Waals surface area contributed by atoms with Gasteiger partial charge in [0.25, 0.3) is 0 Å². The van der Waals surface area contributed by atoms with Gasteiger partial charge in [0.2, 0.25) is 5.91 Å². The second-order valence-corrected chi connectivity index (χ2v) is 4.22. The molecule has 1 amide bonds. The van der Waals surface area contributed by atoms with Gasteiger partial charge >= 0.3 is 0 Å². The molecule has 0 aliphatic carbocycles. The molecule has 0 heterocycles. The first kappa shape index (κ1) is 14.6. The van der Waals surface area contributed by atoms with Gasteiger partial charge in [-0.3, -0.25) is 4.79 Å². The third-order valence-corrected chi connectivity index (χ3v) is 2.16. The number of halogens is 1. The fraction of sp³-hybridized carbons (Fsp3) is 0.462. The van der Waals surface area contributed by atoms with E-state index in [9.17, 15) is 9.18 Å². The molecule has 2 N–H and O–H groups in total. The van der Waals surface area contributed by atoms with Crippen molar-refractivity contribution in [1.82, 2.24) is 5.32 Å². The van der Waals surface area contributed by atoms with E-state index in [2.05, 4.69) is 10.6 Å². The standard InChI is InChI=1S/C13H19FN2O2/c1-10(2)15-7-8-18-9-13(17)16-12-5-3-11(14)4-6-12/h3-6,10,15H,7-9H2,1-2H3,(H,16,17). The van der Waals surface area contributed by atoms with Crippen LogP contribution in [0, 0.1) is 5.82 Å². The number of amides is 1. The van der Waals surface area contributed by atoms with Crippen molar-refractivity contribution in [2.24, 2.45) is 0 Å². The van der Waals surface area contributed by atoms with Crippen LogP contribution in [0.5, 0.6) is 0 Å². The zero-order valence-corrected chi connectivity index (χ0v) is 10.7. The Morgan fingerprint density at radius 2 is 2.00 bits per heavy atom. The van der Waals surface area contributed by atoms with Crippen molar-refractivity contribution >= 4 is 11.6 Å². The van der Waals surface area contributed by atoms with Gasteiger partial charge in [-0.15, -0.1) is 0 Å².